The van der Waals surface area contributed by atoms with Crippen molar-refractivity contribution < 1.29 is 18.3 Å². The molecule has 1 aliphatic rings. The molecule has 0 radical (unpaired) electrons. The van der Waals surface area contributed by atoms with Crippen LogP contribution in [0.25, 0.3) is 0 Å². The van der Waals surface area contributed by atoms with Crippen LogP contribution < -0.4 is 10.1 Å². The SMILES string of the molecule is COc1cccc(NC(=O)C2(C)CCN2Cc2c(F)cccc2F)c1. The molecule has 1 aliphatic heterocycles. The minimum absolute atomic E-state index is 0.0115. The second kappa shape index (κ2) is 6.80. The Kier molecular flexibility index (Phi) is 4.72. The van der Waals surface area contributed by atoms with Crippen molar-refractivity contribution in [2.24, 2.45) is 0 Å². The van der Waals surface area contributed by atoms with Crippen molar-refractivity contribution in [1.82, 2.24) is 4.90 Å². The average molecular weight is 346 g/mol. The maximum absolute atomic E-state index is 13.9. The molecule has 3 rings (SSSR count). The number of halogens is 2. The molecule has 1 amide bonds. The molecule has 25 heavy (non-hydrogen) atoms. The van der Waals surface area contributed by atoms with Crippen molar-refractivity contribution in [1.29, 1.82) is 0 Å². The van der Waals surface area contributed by atoms with Crippen LogP contribution in [0.15, 0.2) is 42.5 Å². The van der Waals surface area contributed by atoms with Gasteiger partial charge in [-0.25, -0.2) is 8.78 Å². The van der Waals surface area contributed by atoms with Crippen molar-refractivity contribution >= 4 is 11.6 Å². The molecule has 0 bridgehead atoms. The average Bonchev–Trinajstić information content (AvgIpc) is 2.59. The standard InChI is InChI=1S/C19H20F2N2O2/c1-19(18(24)22-13-5-3-6-14(11-13)25-2)9-10-23(19)12-15-16(20)7-4-8-17(15)21/h3-8,11H,9-10,12H2,1-2H3,(H,22,24). The van der Waals surface area contributed by atoms with Gasteiger partial charge in [0.05, 0.1) is 12.6 Å². The number of rotatable bonds is 5. The van der Waals surface area contributed by atoms with Gasteiger partial charge in [0.1, 0.15) is 17.4 Å². The van der Waals surface area contributed by atoms with Gasteiger partial charge < -0.3 is 10.1 Å². The van der Waals surface area contributed by atoms with Crippen LogP contribution >= 0.6 is 0 Å². The Morgan fingerprint density at radius 1 is 1.24 bits per heavy atom. The summed E-state index contributed by atoms with van der Waals surface area (Å²) in [7, 11) is 1.55. The number of carbonyl (C=O) groups is 1. The third-order valence-electron chi connectivity index (χ3n) is 4.79. The van der Waals surface area contributed by atoms with Crippen LogP contribution in [0.1, 0.15) is 18.9 Å². The molecular weight excluding hydrogens is 326 g/mol. The number of anilines is 1. The predicted octanol–water partition coefficient (Wildman–Crippen LogP) is 3.58. The molecule has 0 saturated carbocycles. The number of methoxy groups -OCH3 is 1. The molecule has 0 aromatic heterocycles. The molecule has 1 saturated heterocycles. The highest BCUT2D eigenvalue weighted by atomic mass is 19.1. The van der Waals surface area contributed by atoms with Crippen molar-refractivity contribution in [2.45, 2.75) is 25.4 Å². The fourth-order valence-electron chi connectivity index (χ4n) is 2.96. The Hall–Kier alpha value is -2.47. The zero-order valence-corrected chi connectivity index (χ0v) is 14.2. The Bertz CT molecular complexity index is 776. The Labute approximate surface area is 145 Å². The van der Waals surface area contributed by atoms with Crippen LogP contribution in [0.5, 0.6) is 5.75 Å². The zero-order chi connectivity index (χ0) is 18.0. The number of carbonyl (C=O) groups excluding carboxylic acids is 1. The lowest BCUT2D eigenvalue weighted by atomic mass is 9.85. The van der Waals surface area contributed by atoms with Gasteiger partial charge in [-0.2, -0.15) is 0 Å². The molecule has 0 spiro atoms. The van der Waals surface area contributed by atoms with E-state index in [1.807, 2.05) is 0 Å². The van der Waals surface area contributed by atoms with Gasteiger partial charge in [0, 0.05) is 30.4 Å². The number of hydrogen-bond donors (Lipinski definition) is 1. The van der Waals surface area contributed by atoms with Crippen LogP contribution in [-0.4, -0.2) is 30.0 Å². The molecule has 6 heteroatoms. The summed E-state index contributed by atoms with van der Waals surface area (Å²) in [5.41, 5.74) is -0.199. The molecule has 0 aliphatic carbocycles. The van der Waals surface area contributed by atoms with Gasteiger partial charge in [-0.1, -0.05) is 12.1 Å². The predicted molar refractivity (Wildman–Crippen MR) is 91.4 cm³/mol. The van der Waals surface area contributed by atoms with Crippen molar-refractivity contribution in [3.05, 3.63) is 59.7 Å². The van der Waals surface area contributed by atoms with E-state index in [0.717, 1.165) is 0 Å². The van der Waals surface area contributed by atoms with E-state index in [1.54, 1.807) is 43.2 Å². The number of nitrogens with one attached hydrogen (secondary N) is 1. The minimum Gasteiger partial charge on any atom is -0.497 e. The third-order valence-corrected chi connectivity index (χ3v) is 4.79. The summed E-state index contributed by atoms with van der Waals surface area (Å²) in [6, 6.07) is 10.8. The molecule has 1 fully saturated rings. The van der Waals surface area contributed by atoms with Crippen molar-refractivity contribution in [2.75, 3.05) is 19.0 Å². The Balaban J connectivity index is 1.73. The van der Waals surface area contributed by atoms with Crippen LogP contribution in [-0.2, 0) is 11.3 Å². The van der Waals surface area contributed by atoms with Gasteiger partial charge in [0.2, 0.25) is 5.91 Å². The van der Waals surface area contributed by atoms with E-state index in [1.165, 1.54) is 18.2 Å². The highest BCUT2D eigenvalue weighted by molar-refractivity contribution is 5.98. The van der Waals surface area contributed by atoms with Crippen LogP contribution in [0.3, 0.4) is 0 Å². The van der Waals surface area contributed by atoms with E-state index < -0.39 is 17.2 Å². The summed E-state index contributed by atoms with van der Waals surface area (Å²) in [5, 5.41) is 2.86. The summed E-state index contributed by atoms with van der Waals surface area (Å²) in [6.07, 6.45) is 0.624. The number of hydrogen-bond acceptors (Lipinski definition) is 3. The number of benzene rings is 2. The minimum atomic E-state index is -0.808. The van der Waals surface area contributed by atoms with Crippen LogP contribution in [0, 0.1) is 11.6 Å². The first kappa shape index (κ1) is 17.4. The second-order valence-electron chi connectivity index (χ2n) is 6.33. The highest BCUT2D eigenvalue weighted by Crippen LogP contribution is 2.34. The summed E-state index contributed by atoms with van der Waals surface area (Å²) >= 11 is 0. The van der Waals surface area contributed by atoms with Crippen LogP contribution in [0.2, 0.25) is 0 Å². The fourth-order valence-corrected chi connectivity index (χ4v) is 2.96. The Morgan fingerprint density at radius 2 is 1.92 bits per heavy atom. The number of amides is 1. The first-order valence-corrected chi connectivity index (χ1v) is 8.07. The van der Waals surface area contributed by atoms with Crippen molar-refractivity contribution in [3.63, 3.8) is 0 Å². The van der Waals surface area contributed by atoms with Gasteiger partial charge in [-0.3, -0.25) is 9.69 Å². The molecule has 2 aromatic carbocycles. The maximum Gasteiger partial charge on any atom is 0.244 e. The molecule has 1 unspecified atom stereocenters. The highest BCUT2D eigenvalue weighted by Gasteiger charge is 2.47. The van der Waals surface area contributed by atoms with Gasteiger partial charge in [-0.05, 0) is 37.6 Å². The molecular formula is C19H20F2N2O2. The lowest BCUT2D eigenvalue weighted by Gasteiger charge is -2.49. The lowest BCUT2D eigenvalue weighted by Crippen LogP contribution is -2.63. The van der Waals surface area contributed by atoms with Crippen LogP contribution in [0.4, 0.5) is 14.5 Å². The topological polar surface area (TPSA) is 41.6 Å². The molecule has 1 heterocycles. The summed E-state index contributed by atoms with van der Waals surface area (Å²) < 4.78 is 32.9. The van der Waals surface area contributed by atoms with Crippen molar-refractivity contribution in [3.8, 4) is 5.75 Å². The number of likely N-dealkylation sites (tertiary alicyclic amines) is 1. The summed E-state index contributed by atoms with van der Waals surface area (Å²) in [5.74, 6) is -0.754. The largest absolute Gasteiger partial charge is 0.497 e. The Morgan fingerprint density at radius 3 is 2.52 bits per heavy atom. The van der Waals surface area contributed by atoms with E-state index in [0.29, 0.717) is 24.4 Å². The fraction of sp³-hybridized carbons (Fsp3) is 0.316. The van der Waals surface area contributed by atoms with E-state index in [4.69, 9.17) is 4.74 Å². The normalized spacial score (nSPS) is 20.0. The zero-order valence-electron chi connectivity index (χ0n) is 14.2. The maximum atomic E-state index is 13.9. The molecule has 4 nitrogen and oxygen atoms in total. The van der Waals surface area contributed by atoms with E-state index in [9.17, 15) is 13.6 Å². The molecule has 1 N–H and O–H groups in total. The monoisotopic (exact) mass is 346 g/mol. The first-order chi connectivity index (χ1) is 11.9. The number of nitrogens with zero attached hydrogens (tertiary/aromatic N) is 1. The molecule has 1 atom stereocenters. The van der Waals surface area contributed by atoms with Gasteiger partial charge >= 0.3 is 0 Å². The van der Waals surface area contributed by atoms with Gasteiger partial charge in [0.15, 0.2) is 0 Å². The third kappa shape index (κ3) is 3.35. The number of ether oxygens (including phenoxy) is 1. The lowest BCUT2D eigenvalue weighted by molar-refractivity contribution is -0.136. The quantitative estimate of drug-likeness (QED) is 0.900. The molecule has 2 aromatic rings. The first-order valence-electron chi connectivity index (χ1n) is 8.07. The summed E-state index contributed by atoms with van der Waals surface area (Å²) in [4.78, 5) is 14.5. The van der Waals surface area contributed by atoms with E-state index in [2.05, 4.69) is 5.32 Å². The van der Waals surface area contributed by atoms with Gasteiger partial charge in [-0.15, -0.1) is 0 Å². The second-order valence-corrected chi connectivity index (χ2v) is 6.33. The van der Waals surface area contributed by atoms with Gasteiger partial charge in [0.25, 0.3) is 0 Å². The van der Waals surface area contributed by atoms with E-state index in [-0.39, 0.29) is 18.0 Å². The molecule has 132 valence electrons. The summed E-state index contributed by atoms with van der Waals surface area (Å²) in [6.45, 7) is 2.45. The van der Waals surface area contributed by atoms with E-state index >= 15 is 0 Å². The smallest absolute Gasteiger partial charge is 0.244 e.